The Bertz CT molecular complexity index is 157. The van der Waals surface area contributed by atoms with Crippen LogP contribution in [0.1, 0.15) is 19.3 Å². The molecule has 0 aromatic heterocycles. The SMILES string of the molecule is C=CC(=C)CCCC(=O)C=C. The highest BCUT2D eigenvalue weighted by molar-refractivity contribution is 5.88. The minimum Gasteiger partial charge on any atom is -0.295 e. The van der Waals surface area contributed by atoms with Crippen LogP contribution < -0.4 is 0 Å². The van der Waals surface area contributed by atoms with E-state index in [0.717, 1.165) is 18.4 Å². The second-order valence-corrected chi connectivity index (χ2v) is 2.39. The maximum absolute atomic E-state index is 10.7. The molecular formula is C10H14O. The lowest BCUT2D eigenvalue weighted by Gasteiger charge is -1.96. The fourth-order valence-electron chi connectivity index (χ4n) is 0.694. The van der Waals surface area contributed by atoms with Crippen molar-refractivity contribution >= 4 is 5.78 Å². The normalized spacial score (nSPS) is 8.73. The number of allylic oxidation sites excluding steroid dienone is 3. The van der Waals surface area contributed by atoms with E-state index in [0.29, 0.717) is 6.42 Å². The largest absolute Gasteiger partial charge is 0.295 e. The first-order valence-electron chi connectivity index (χ1n) is 3.66. The Balaban J connectivity index is 3.41. The predicted octanol–water partition coefficient (Wildman–Crippen LogP) is 2.65. The minimum atomic E-state index is 0.0989. The van der Waals surface area contributed by atoms with Crippen molar-refractivity contribution in [2.45, 2.75) is 19.3 Å². The van der Waals surface area contributed by atoms with Crippen LogP contribution in [0.3, 0.4) is 0 Å². The van der Waals surface area contributed by atoms with Crippen LogP contribution in [-0.2, 0) is 4.79 Å². The van der Waals surface area contributed by atoms with Gasteiger partial charge in [-0.3, -0.25) is 4.79 Å². The van der Waals surface area contributed by atoms with Gasteiger partial charge in [-0.25, -0.2) is 0 Å². The van der Waals surface area contributed by atoms with Gasteiger partial charge in [-0.2, -0.15) is 0 Å². The highest BCUT2D eigenvalue weighted by Crippen LogP contribution is 2.05. The van der Waals surface area contributed by atoms with Gasteiger partial charge in [-0.1, -0.05) is 31.4 Å². The van der Waals surface area contributed by atoms with E-state index in [2.05, 4.69) is 19.7 Å². The summed E-state index contributed by atoms with van der Waals surface area (Å²) < 4.78 is 0. The van der Waals surface area contributed by atoms with E-state index in [4.69, 9.17) is 0 Å². The molecule has 0 aromatic carbocycles. The molecular weight excluding hydrogens is 136 g/mol. The first-order chi connectivity index (χ1) is 5.20. The van der Waals surface area contributed by atoms with Gasteiger partial charge in [-0.05, 0) is 18.9 Å². The second kappa shape index (κ2) is 5.66. The van der Waals surface area contributed by atoms with Crippen molar-refractivity contribution in [1.29, 1.82) is 0 Å². The molecule has 11 heavy (non-hydrogen) atoms. The molecule has 0 aliphatic heterocycles. The Kier molecular flexibility index (Phi) is 5.09. The van der Waals surface area contributed by atoms with Crippen molar-refractivity contribution in [3.63, 3.8) is 0 Å². The average Bonchev–Trinajstić information content (AvgIpc) is 2.04. The summed E-state index contributed by atoms with van der Waals surface area (Å²) in [5, 5.41) is 0. The zero-order valence-electron chi connectivity index (χ0n) is 6.81. The molecule has 1 nitrogen and oxygen atoms in total. The Labute approximate surface area is 68.1 Å². The van der Waals surface area contributed by atoms with Gasteiger partial charge in [-0.15, -0.1) is 0 Å². The molecule has 0 saturated heterocycles. The maximum Gasteiger partial charge on any atom is 0.155 e. The summed E-state index contributed by atoms with van der Waals surface area (Å²) in [5.41, 5.74) is 0.988. The van der Waals surface area contributed by atoms with Gasteiger partial charge in [0.05, 0.1) is 0 Å². The van der Waals surface area contributed by atoms with Crippen molar-refractivity contribution < 1.29 is 4.79 Å². The number of hydrogen-bond acceptors (Lipinski definition) is 1. The molecule has 0 N–H and O–H groups in total. The summed E-state index contributed by atoms with van der Waals surface area (Å²) in [6.45, 7) is 10.7. The fourth-order valence-corrected chi connectivity index (χ4v) is 0.694. The lowest BCUT2D eigenvalue weighted by molar-refractivity contribution is -0.114. The van der Waals surface area contributed by atoms with Gasteiger partial charge in [0.1, 0.15) is 0 Å². The highest BCUT2D eigenvalue weighted by atomic mass is 16.1. The van der Waals surface area contributed by atoms with E-state index in [-0.39, 0.29) is 5.78 Å². The van der Waals surface area contributed by atoms with Crippen LogP contribution in [0.5, 0.6) is 0 Å². The molecule has 0 saturated carbocycles. The Morgan fingerprint density at radius 2 is 1.82 bits per heavy atom. The van der Waals surface area contributed by atoms with E-state index in [1.165, 1.54) is 6.08 Å². The zero-order chi connectivity index (χ0) is 8.69. The molecule has 0 amide bonds. The maximum atomic E-state index is 10.7. The summed E-state index contributed by atoms with van der Waals surface area (Å²) in [6.07, 6.45) is 5.34. The topological polar surface area (TPSA) is 17.1 Å². The molecule has 0 aliphatic rings. The van der Waals surface area contributed by atoms with Crippen molar-refractivity contribution in [2.24, 2.45) is 0 Å². The molecule has 60 valence electrons. The van der Waals surface area contributed by atoms with Crippen molar-refractivity contribution in [3.05, 3.63) is 37.5 Å². The second-order valence-electron chi connectivity index (χ2n) is 2.39. The standard InChI is InChI=1S/C10H14O/c1-4-9(3)7-6-8-10(11)5-2/h4-5H,1-3,6-8H2. The van der Waals surface area contributed by atoms with Crippen LogP contribution in [0, 0.1) is 0 Å². The third-order valence-corrected chi connectivity index (χ3v) is 1.44. The van der Waals surface area contributed by atoms with Gasteiger partial charge >= 0.3 is 0 Å². The number of ketones is 1. The average molecular weight is 150 g/mol. The molecule has 0 spiro atoms. The summed E-state index contributed by atoms with van der Waals surface area (Å²) >= 11 is 0. The molecule has 0 aliphatic carbocycles. The van der Waals surface area contributed by atoms with E-state index < -0.39 is 0 Å². The number of hydrogen-bond donors (Lipinski definition) is 0. The van der Waals surface area contributed by atoms with Crippen LogP contribution in [0.4, 0.5) is 0 Å². The summed E-state index contributed by atoms with van der Waals surface area (Å²) in [6, 6.07) is 0. The number of rotatable bonds is 6. The molecule has 0 bridgehead atoms. The Morgan fingerprint density at radius 1 is 1.18 bits per heavy atom. The van der Waals surface area contributed by atoms with Gasteiger partial charge < -0.3 is 0 Å². The van der Waals surface area contributed by atoms with Crippen LogP contribution in [0.15, 0.2) is 37.5 Å². The first-order valence-corrected chi connectivity index (χ1v) is 3.66. The van der Waals surface area contributed by atoms with E-state index in [1.54, 1.807) is 6.08 Å². The van der Waals surface area contributed by atoms with Gasteiger partial charge in [0, 0.05) is 6.42 Å². The molecule has 1 heteroatoms. The third-order valence-electron chi connectivity index (χ3n) is 1.44. The highest BCUT2D eigenvalue weighted by Gasteiger charge is 1.95. The van der Waals surface area contributed by atoms with Crippen molar-refractivity contribution in [2.75, 3.05) is 0 Å². The molecule has 0 unspecified atom stereocenters. The Morgan fingerprint density at radius 3 is 2.27 bits per heavy atom. The molecule has 0 aromatic rings. The van der Waals surface area contributed by atoms with E-state index in [1.807, 2.05) is 0 Å². The smallest absolute Gasteiger partial charge is 0.155 e. The third kappa shape index (κ3) is 5.34. The van der Waals surface area contributed by atoms with Crippen LogP contribution in [0.2, 0.25) is 0 Å². The van der Waals surface area contributed by atoms with Crippen molar-refractivity contribution in [3.8, 4) is 0 Å². The summed E-state index contributed by atoms with van der Waals surface area (Å²) in [7, 11) is 0. The molecule has 0 fully saturated rings. The molecule has 0 atom stereocenters. The molecule has 0 rings (SSSR count). The zero-order valence-corrected chi connectivity index (χ0v) is 6.81. The van der Waals surface area contributed by atoms with Crippen molar-refractivity contribution in [1.82, 2.24) is 0 Å². The lowest BCUT2D eigenvalue weighted by atomic mass is 10.1. The van der Waals surface area contributed by atoms with E-state index in [9.17, 15) is 4.79 Å². The van der Waals surface area contributed by atoms with Gasteiger partial charge in [0.2, 0.25) is 0 Å². The number of carbonyl (C=O) groups excluding carboxylic acids is 1. The van der Waals surface area contributed by atoms with Crippen LogP contribution >= 0.6 is 0 Å². The quantitative estimate of drug-likeness (QED) is 0.420. The number of carbonyl (C=O) groups is 1. The first kappa shape index (κ1) is 9.89. The monoisotopic (exact) mass is 150 g/mol. The summed E-state index contributed by atoms with van der Waals surface area (Å²) in [5.74, 6) is 0.0989. The molecule has 0 radical (unpaired) electrons. The van der Waals surface area contributed by atoms with E-state index >= 15 is 0 Å². The van der Waals surface area contributed by atoms with Crippen LogP contribution in [-0.4, -0.2) is 5.78 Å². The minimum absolute atomic E-state index is 0.0989. The Hall–Kier alpha value is -1.11. The van der Waals surface area contributed by atoms with Gasteiger partial charge in [0.25, 0.3) is 0 Å². The molecule has 0 heterocycles. The van der Waals surface area contributed by atoms with Crippen LogP contribution in [0.25, 0.3) is 0 Å². The fraction of sp³-hybridized carbons (Fsp3) is 0.300. The predicted molar refractivity (Wildman–Crippen MR) is 48.4 cm³/mol. The lowest BCUT2D eigenvalue weighted by Crippen LogP contribution is -1.91. The van der Waals surface area contributed by atoms with Gasteiger partial charge in [0.15, 0.2) is 5.78 Å². The summed E-state index contributed by atoms with van der Waals surface area (Å²) in [4.78, 5) is 10.7.